The van der Waals surface area contributed by atoms with Gasteiger partial charge in [-0.15, -0.1) is 0 Å². The molecule has 7 nitrogen and oxygen atoms in total. The summed E-state index contributed by atoms with van der Waals surface area (Å²) >= 11 is 0. The Morgan fingerprint density at radius 1 is 1.26 bits per heavy atom. The molecule has 3 aromatic rings. The van der Waals surface area contributed by atoms with Gasteiger partial charge in [-0.2, -0.15) is 10.1 Å². The van der Waals surface area contributed by atoms with Crippen molar-refractivity contribution >= 4 is 23.2 Å². The fourth-order valence-electron chi connectivity index (χ4n) is 1.64. The molecule has 0 fully saturated rings. The lowest BCUT2D eigenvalue weighted by atomic mass is 10.2. The van der Waals surface area contributed by atoms with Crippen LogP contribution in [0.2, 0.25) is 0 Å². The first kappa shape index (κ1) is 11.1. The Labute approximate surface area is 107 Å². The zero-order chi connectivity index (χ0) is 13.1. The van der Waals surface area contributed by atoms with E-state index in [1.54, 1.807) is 6.21 Å². The van der Waals surface area contributed by atoms with Gasteiger partial charge >= 0.3 is 5.69 Å². The minimum absolute atomic E-state index is 0.348. The van der Waals surface area contributed by atoms with Crippen LogP contribution in [0.3, 0.4) is 0 Å². The van der Waals surface area contributed by atoms with Gasteiger partial charge in [0.2, 0.25) is 0 Å². The molecule has 2 aromatic heterocycles. The molecule has 0 saturated heterocycles. The molecule has 2 heterocycles. The number of rotatable bonds is 3. The number of H-pyrrole nitrogens is 2. The maximum atomic E-state index is 11.3. The Morgan fingerprint density at radius 2 is 2.11 bits per heavy atom. The van der Waals surface area contributed by atoms with E-state index < -0.39 is 5.69 Å². The number of nitrogens with zero attached hydrogens (tertiary/aromatic N) is 3. The molecule has 0 aliphatic rings. The molecule has 0 unspecified atom stereocenters. The van der Waals surface area contributed by atoms with Crippen molar-refractivity contribution in [2.45, 2.75) is 0 Å². The Hall–Kier alpha value is -2.96. The quantitative estimate of drug-likeness (QED) is 0.481. The summed E-state index contributed by atoms with van der Waals surface area (Å²) in [6.07, 6.45) is 3.12. The summed E-state index contributed by atoms with van der Waals surface area (Å²) in [6.45, 7) is 0. The first-order chi connectivity index (χ1) is 9.33. The average molecular weight is 254 g/mol. The van der Waals surface area contributed by atoms with Gasteiger partial charge in [0, 0.05) is 0 Å². The summed E-state index contributed by atoms with van der Waals surface area (Å²) in [5.41, 5.74) is 4.19. The molecule has 0 saturated carbocycles. The van der Waals surface area contributed by atoms with Crippen LogP contribution in [0.15, 0.2) is 46.6 Å². The number of fused-ring (bicyclic) bond motifs is 1. The first-order valence-corrected chi connectivity index (χ1v) is 5.60. The predicted molar refractivity (Wildman–Crippen MR) is 72.2 cm³/mol. The first-order valence-electron chi connectivity index (χ1n) is 5.60. The van der Waals surface area contributed by atoms with Crippen LogP contribution >= 0.6 is 0 Å². The smallest absolute Gasteiger partial charge is 0.340 e. The third kappa shape index (κ3) is 2.34. The van der Waals surface area contributed by atoms with Crippen LogP contribution in [0.5, 0.6) is 0 Å². The SMILES string of the molecule is O=c1nc2nc[nH]c2c(NN=Cc2ccccc2)[nH]1. The number of hydrogen-bond donors (Lipinski definition) is 3. The van der Waals surface area contributed by atoms with E-state index in [0.717, 1.165) is 5.56 Å². The largest absolute Gasteiger partial charge is 0.348 e. The summed E-state index contributed by atoms with van der Waals surface area (Å²) in [5, 5.41) is 4.06. The molecule has 0 aliphatic carbocycles. The van der Waals surface area contributed by atoms with E-state index in [-0.39, 0.29) is 0 Å². The van der Waals surface area contributed by atoms with Gasteiger partial charge < -0.3 is 4.98 Å². The van der Waals surface area contributed by atoms with Crippen molar-refractivity contribution in [2.75, 3.05) is 5.43 Å². The summed E-state index contributed by atoms with van der Waals surface area (Å²) in [6, 6.07) is 9.61. The standard InChI is InChI=1S/C12H10N6O/c19-12-16-10-9(13-7-14-10)11(17-12)18-15-6-8-4-2-1-3-5-8/h1-7H,(H3,13,14,16,17,18,19). The van der Waals surface area contributed by atoms with E-state index in [4.69, 9.17) is 0 Å². The minimum atomic E-state index is -0.475. The zero-order valence-corrected chi connectivity index (χ0v) is 9.79. The van der Waals surface area contributed by atoms with E-state index in [0.29, 0.717) is 17.0 Å². The van der Waals surface area contributed by atoms with Crippen LogP contribution in [0.25, 0.3) is 11.2 Å². The molecule has 0 radical (unpaired) electrons. The second-order valence-electron chi connectivity index (χ2n) is 3.80. The van der Waals surface area contributed by atoms with E-state index in [9.17, 15) is 4.79 Å². The van der Waals surface area contributed by atoms with Gasteiger partial charge in [0.1, 0.15) is 5.52 Å². The molecular formula is C12H10N6O. The lowest BCUT2D eigenvalue weighted by Crippen LogP contribution is -2.12. The molecule has 0 atom stereocenters. The van der Waals surface area contributed by atoms with Crippen LogP contribution in [-0.4, -0.2) is 26.2 Å². The number of benzene rings is 1. The molecular weight excluding hydrogens is 244 g/mol. The highest BCUT2D eigenvalue weighted by atomic mass is 16.1. The number of anilines is 1. The highest BCUT2D eigenvalue weighted by molar-refractivity contribution is 5.84. The molecule has 7 heteroatoms. The molecule has 0 aliphatic heterocycles. The second kappa shape index (κ2) is 4.73. The van der Waals surface area contributed by atoms with Crippen LogP contribution < -0.4 is 11.1 Å². The highest BCUT2D eigenvalue weighted by Gasteiger charge is 2.05. The molecule has 3 N–H and O–H groups in total. The normalized spacial score (nSPS) is 11.2. The van der Waals surface area contributed by atoms with E-state index in [2.05, 4.69) is 30.5 Å². The Morgan fingerprint density at radius 3 is 2.95 bits per heavy atom. The number of aromatic amines is 2. The van der Waals surface area contributed by atoms with Crippen LogP contribution in [0.4, 0.5) is 5.82 Å². The molecule has 0 spiro atoms. The fourth-order valence-corrected chi connectivity index (χ4v) is 1.64. The number of hydrogen-bond acceptors (Lipinski definition) is 5. The van der Waals surface area contributed by atoms with Crippen molar-refractivity contribution in [2.24, 2.45) is 5.10 Å². The molecule has 0 bridgehead atoms. The molecule has 1 aromatic carbocycles. The molecule has 19 heavy (non-hydrogen) atoms. The van der Waals surface area contributed by atoms with E-state index in [1.165, 1.54) is 6.33 Å². The van der Waals surface area contributed by atoms with Crippen LogP contribution in [0.1, 0.15) is 5.56 Å². The highest BCUT2D eigenvalue weighted by Crippen LogP contribution is 2.12. The number of nitrogens with one attached hydrogen (secondary N) is 3. The summed E-state index contributed by atoms with van der Waals surface area (Å²) < 4.78 is 0. The topological polar surface area (TPSA) is 98.8 Å². The van der Waals surface area contributed by atoms with Gasteiger partial charge in [-0.1, -0.05) is 30.3 Å². The van der Waals surface area contributed by atoms with Crippen molar-refractivity contribution < 1.29 is 0 Å². The van der Waals surface area contributed by atoms with Gasteiger partial charge in [0.05, 0.1) is 12.5 Å². The summed E-state index contributed by atoms with van der Waals surface area (Å²) in [7, 11) is 0. The average Bonchev–Trinajstić information content (AvgIpc) is 2.88. The second-order valence-corrected chi connectivity index (χ2v) is 3.80. The molecule has 0 amide bonds. The van der Waals surface area contributed by atoms with E-state index in [1.807, 2.05) is 30.3 Å². The van der Waals surface area contributed by atoms with Gasteiger partial charge in [0.15, 0.2) is 11.5 Å². The van der Waals surface area contributed by atoms with Gasteiger partial charge in [-0.25, -0.2) is 9.78 Å². The van der Waals surface area contributed by atoms with Crippen molar-refractivity contribution in [3.63, 3.8) is 0 Å². The molecule has 94 valence electrons. The maximum absolute atomic E-state index is 11.3. The third-order valence-electron chi connectivity index (χ3n) is 2.50. The van der Waals surface area contributed by atoms with Crippen molar-refractivity contribution in [1.29, 1.82) is 0 Å². The third-order valence-corrected chi connectivity index (χ3v) is 2.50. The Bertz CT molecular complexity index is 774. The van der Waals surface area contributed by atoms with Crippen LogP contribution in [0, 0.1) is 0 Å². The fraction of sp³-hybridized carbons (Fsp3) is 0. The van der Waals surface area contributed by atoms with Crippen LogP contribution in [-0.2, 0) is 0 Å². The maximum Gasteiger partial charge on any atom is 0.348 e. The summed E-state index contributed by atoms with van der Waals surface area (Å²) in [4.78, 5) is 24.4. The number of aromatic nitrogens is 4. The predicted octanol–water partition coefficient (Wildman–Crippen LogP) is 1.09. The van der Waals surface area contributed by atoms with Crippen molar-refractivity contribution in [3.8, 4) is 0 Å². The lowest BCUT2D eigenvalue weighted by Gasteiger charge is -2.00. The number of imidazole rings is 1. The number of hydrazone groups is 1. The minimum Gasteiger partial charge on any atom is -0.340 e. The van der Waals surface area contributed by atoms with E-state index >= 15 is 0 Å². The Kier molecular flexibility index (Phi) is 2.77. The lowest BCUT2D eigenvalue weighted by molar-refractivity contribution is 1.09. The van der Waals surface area contributed by atoms with Crippen molar-refractivity contribution in [3.05, 3.63) is 52.7 Å². The summed E-state index contributed by atoms with van der Waals surface area (Å²) in [5.74, 6) is 0.430. The monoisotopic (exact) mass is 254 g/mol. The van der Waals surface area contributed by atoms with Gasteiger partial charge in [0.25, 0.3) is 0 Å². The van der Waals surface area contributed by atoms with Gasteiger partial charge in [-0.3, -0.25) is 10.4 Å². The van der Waals surface area contributed by atoms with Crippen molar-refractivity contribution in [1.82, 2.24) is 19.9 Å². The van der Waals surface area contributed by atoms with Gasteiger partial charge in [-0.05, 0) is 5.56 Å². The zero-order valence-electron chi connectivity index (χ0n) is 9.79. The molecule has 3 rings (SSSR count). The Balaban J connectivity index is 1.88.